The molecule has 1 N–H and O–H groups in total. The summed E-state index contributed by atoms with van der Waals surface area (Å²) in [5.74, 6) is 0.189. The van der Waals surface area contributed by atoms with Gasteiger partial charge >= 0.3 is 0 Å². The Kier molecular flexibility index (Phi) is 7.63. The number of nitrogens with zero attached hydrogens (tertiary/aromatic N) is 1. The molecule has 0 aliphatic heterocycles. The predicted octanol–water partition coefficient (Wildman–Crippen LogP) is 0.0908. The smallest absolute Gasteiger partial charge is 0.223 e. The minimum Gasteiger partial charge on any atom is -0.383 e. The number of ether oxygens (including phenoxy) is 1. The van der Waals surface area contributed by atoms with Crippen LogP contribution >= 0.6 is 0 Å². The van der Waals surface area contributed by atoms with Crippen LogP contribution in [0.5, 0.6) is 0 Å². The van der Waals surface area contributed by atoms with Crippen molar-refractivity contribution in [2.45, 2.75) is 13.3 Å². The summed E-state index contributed by atoms with van der Waals surface area (Å²) in [6.45, 7) is 4.77. The number of rotatable bonds is 7. The fourth-order valence-corrected chi connectivity index (χ4v) is 1.05. The fraction of sp³-hybridized carbons (Fsp3) is 0.889. The maximum atomic E-state index is 11.5. The third kappa shape index (κ3) is 5.60. The Labute approximate surface area is 80.2 Å². The lowest BCUT2D eigenvalue weighted by Crippen LogP contribution is -2.35. The lowest BCUT2D eigenvalue weighted by molar-refractivity contribution is -0.131. The largest absolute Gasteiger partial charge is 0.383 e. The van der Waals surface area contributed by atoms with Gasteiger partial charge in [-0.1, -0.05) is 0 Å². The lowest BCUT2D eigenvalue weighted by Gasteiger charge is -2.20. The molecule has 0 bridgehead atoms. The maximum absolute atomic E-state index is 11.5. The van der Waals surface area contributed by atoms with Gasteiger partial charge in [0.1, 0.15) is 0 Å². The number of carbonyl (C=O) groups is 1. The standard InChI is InChI=1S/C9H20N2O2/c1-4-11(7-8-13-3)9(12)5-6-10-2/h10H,4-8H2,1-3H3. The molecule has 0 radical (unpaired) electrons. The van der Waals surface area contributed by atoms with E-state index in [0.29, 0.717) is 19.6 Å². The van der Waals surface area contributed by atoms with Crippen LogP contribution in [0.25, 0.3) is 0 Å². The minimum atomic E-state index is 0.189. The molecular formula is C9H20N2O2. The van der Waals surface area contributed by atoms with Crippen LogP contribution in [0.3, 0.4) is 0 Å². The molecule has 0 heterocycles. The molecule has 0 saturated heterocycles. The Bertz CT molecular complexity index is 140. The zero-order valence-electron chi connectivity index (χ0n) is 8.80. The van der Waals surface area contributed by atoms with Crippen molar-refractivity contribution in [3.8, 4) is 0 Å². The summed E-state index contributed by atoms with van der Waals surface area (Å²) < 4.78 is 4.92. The van der Waals surface area contributed by atoms with Crippen molar-refractivity contribution < 1.29 is 9.53 Å². The summed E-state index contributed by atoms with van der Waals surface area (Å²) in [6, 6.07) is 0. The SMILES string of the molecule is CCN(CCOC)C(=O)CCNC. The normalized spacial score (nSPS) is 10.1. The van der Waals surface area contributed by atoms with Gasteiger partial charge in [0.05, 0.1) is 6.61 Å². The van der Waals surface area contributed by atoms with Crippen LogP contribution in [0.4, 0.5) is 0 Å². The Hall–Kier alpha value is -0.610. The maximum Gasteiger partial charge on any atom is 0.223 e. The number of nitrogens with one attached hydrogen (secondary N) is 1. The van der Waals surface area contributed by atoms with Crippen LogP contribution in [-0.4, -0.2) is 51.2 Å². The Balaban J connectivity index is 3.71. The molecule has 13 heavy (non-hydrogen) atoms. The van der Waals surface area contributed by atoms with Gasteiger partial charge in [-0.2, -0.15) is 0 Å². The zero-order chi connectivity index (χ0) is 10.1. The quantitative estimate of drug-likeness (QED) is 0.615. The van der Waals surface area contributed by atoms with E-state index in [-0.39, 0.29) is 5.91 Å². The van der Waals surface area contributed by atoms with Crippen molar-refractivity contribution in [3.63, 3.8) is 0 Å². The van der Waals surface area contributed by atoms with E-state index in [4.69, 9.17) is 4.74 Å². The number of hydrogen-bond donors (Lipinski definition) is 1. The summed E-state index contributed by atoms with van der Waals surface area (Å²) in [4.78, 5) is 13.3. The Morgan fingerprint density at radius 3 is 2.69 bits per heavy atom. The molecule has 0 aromatic rings. The highest BCUT2D eigenvalue weighted by Crippen LogP contribution is 1.93. The monoisotopic (exact) mass is 188 g/mol. The Morgan fingerprint density at radius 2 is 2.23 bits per heavy atom. The number of methoxy groups -OCH3 is 1. The summed E-state index contributed by atoms with van der Waals surface area (Å²) in [6.07, 6.45) is 0.564. The Morgan fingerprint density at radius 1 is 1.54 bits per heavy atom. The molecule has 0 unspecified atom stereocenters. The van der Waals surface area contributed by atoms with E-state index in [1.807, 2.05) is 14.0 Å². The van der Waals surface area contributed by atoms with E-state index in [0.717, 1.165) is 13.1 Å². The molecule has 0 aromatic carbocycles. The molecular weight excluding hydrogens is 168 g/mol. The second-order valence-corrected chi connectivity index (χ2v) is 2.82. The van der Waals surface area contributed by atoms with Gasteiger partial charge in [-0.3, -0.25) is 4.79 Å². The first-order chi connectivity index (χ1) is 6.26. The van der Waals surface area contributed by atoms with Crippen LogP contribution in [0.2, 0.25) is 0 Å². The number of hydrogen-bond acceptors (Lipinski definition) is 3. The molecule has 0 rings (SSSR count). The van der Waals surface area contributed by atoms with Crippen LogP contribution in [0, 0.1) is 0 Å². The first-order valence-electron chi connectivity index (χ1n) is 4.67. The second-order valence-electron chi connectivity index (χ2n) is 2.82. The topological polar surface area (TPSA) is 41.6 Å². The third-order valence-electron chi connectivity index (χ3n) is 1.89. The van der Waals surface area contributed by atoms with Gasteiger partial charge in [0.25, 0.3) is 0 Å². The molecule has 0 atom stereocenters. The van der Waals surface area contributed by atoms with E-state index >= 15 is 0 Å². The van der Waals surface area contributed by atoms with Crippen molar-refractivity contribution in [1.82, 2.24) is 10.2 Å². The highest BCUT2D eigenvalue weighted by molar-refractivity contribution is 5.76. The molecule has 0 aromatic heterocycles. The van der Waals surface area contributed by atoms with Gasteiger partial charge in [0, 0.05) is 33.2 Å². The molecule has 0 saturated carbocycles. The predicted molar refractivity (Wildman–Crippen MR) is 52.7 cm³/mol. The van der Waals surface area contributed by atoms with Crippen LogP contribution < -0.4 is 5.32 Å². The average molecular weight is 188 g/mol. The first kappa shape index (κ1) is 12.4. The average Bonchev–Trinajstić information content (AvgIpc) is 2.16. The van der Waals surface area contributed by atoms with Crippen molar-refractivity contribution in [1.29, 1.82) is 0 Å². The van der Waals surface area contributed by atoms with Crippen LogP contribution in [-0.2, 0) is 9.53 Å². The molecule has 0 spiro atoms. The number of carbonyl (C=O) groups excluding carboxylic acids is 1. The molecule has 4 nitrogen and oxygen atoms in total. The van der Waals surface area contributed by atoms with Crippen molar-refractivity contribution in [3.05, 3.63) is 0 Å². The van der Waals surface area contributed by atoms with Gasteiger partial charge in [-0.15, -0.1) is 0 Å². The molecule has 0 aliphatic rings. The first-order valence-corrected chi connectivity index (χ1v) is 4.67. The summed E-state index contributed by atoms with van der Waals surface area (Å²) >= 11 is 0. The van der Waals surface area contributed by atoms with Crippen LogP contribution in [0.1, 0.15) is 13.3 Å². The van der Waals surface area contributed by atoms with Gasteiger partial charge in [0.15, 0.2) is 0 Å². The van der Waals surface area contributed by atoms with E-state index in [2.05, 4.69) is 5.32 Å². The summed E-state index contributed by atoms with van der Waals surface area (Å²) in [7, 11) is 3.49. The van der Waals surface area contributed by atoms with Gasteiger partial charge < -0.3 is 15.0 Å². The van der Waals surface area contributed by atoms with E-state index < -0.39 is 0 Å². The molecule has 0 aliphatic carbocycles. The molecule has 78 valence electrons. The minimum absolute atomic E-state index is 0.189. The van der Waals surface area contributed by atoms with E-state index in [9.17, 15) is 4.79 Å². The van der Waals surface area contributed by atoms with Gasteiger partial charge in [-0.25, -0.2) is 0 Å². The third-order valence-corrected chi connectivity index (χ3v) is 1.89. The zero-order valence-corrected chi connectivity index (χ0v) is 8.80. The highest BCUT2D eigenvalue weighted by Gasteiger charge is 2.09. The fourth-order valence-electron chi connectivity index (χ4n) is 1.05. The van der Waals surface area contributed by atoms with Crippen molar-refractivity contribution in [2.75, 3.05) is 40.4 Å². The number of amides is 1. The molecule has 1 amide bonds. The summed E-state index contributed by atoms with van der Waals surface area (Å²) in [5.41, 5.74) is 0. The highest BCUT2D eigenvalue weighted by atomic mass is 16.5. The van der Waals surface area contributed by atoms with Crippen molar-refractivity contribution in [2.24, 2.45) is 0 Å². The van der Waals surface area contributed by atoms with E-state index in [1.54, 1.807) is 12.0 Å². The summed E-state index contributed by atoms with van der Waals surface area (Å²) in [5, 5.41) is 2.95. The van der Waals surface area contributed by atoms with Crippen LogP contribution in [0.15, 0.2) is 0 Å². The molecule has 4 heteroatoms. The molecule has 0 fully saturated rings. The van der Waals surface area contributed by atoms with E-state index in [1.165, 1.54) is 0 Å². The number of likely N-dealkylation sites (N-methyl/N-ethyl adjacent to an activating group) is 1. The van der Waals surface area contributed by atoms with Gasteiger partial charge in [-0.05, 0) is 14.0 Å². The van der Waals surface area contributed by atoms with Gasteiger partial charge in [0.2, 0.25) is 5.91 Å². The lowest BCUT2D eigenvalue weighted by atomic mass is 10.3. The van der Waals surface area contributed by atoms with Crippen molar-refractivity contribution >= 4 is 5.91 Å². The second kappa shape index (κ2) is 8.01.